The molecule has 0 atom stereocenters. The van der Waals surface area contributed by atoms with E-state index in [2.05, 4.69) is 16.3 Å². The number of hydrogen-bond donors (Lipinski definition) is 2. The zero-order valence-electron chi connectivity index (χ0n) is 9.24. The SMILES string of the molecule is Cn1c(-c2cc(N)n[nH]2)cc2cccc(Cl)c21. The highest BCUT2D eigenvalue weighted by atomic mass is 35.5. The van der Waals surface area contributed by atoms with Gasteiger partial charge in [-0.05, 0) is 12.1 Å². The topological polar surface area (TPSA) is 59.6 Å². The minimum atomic E-state index is 0.483. The van der Waals surface area contributed by atoms with Crippen LogP contribution < -0.4 is 5.73 Å². The number of halogens is 1. The van der Waals surface area contributed by atoms with Crippen LogP contribution in [0.5, 0.6) is 0 Å². The van der Waals surface area contributed by atoms with Gasteiger partial charge in [0.2, 0.25) is 0 Å². The van der Waals surface area contributed by atoms with Crippen molar-refractivity contribution in [3.05, 3.63) is 35.4 Å². The highest BCUT2D eigenvalue weighted by Gasteiger charge is 2.11. The molecular weight excluding hydrogens is 236 g/mol. The molecule has 0 amide bonds. The standard InChI is InChI=1S/C12H11ClN4/c1-17-10(9-6-11(14)16-15-9)5-7-3-2-4-8(13)12(7)17/h2-6H,1H3,(H3,14,15,16). The number of hydrogen-bond acceptors (Lipinski definition) is 2. The van der Waals surface area contributed by atoms with Crippen LogP contribution in [-0.4, -0.2) is 14.8 Å². The van der Waals surface area contributed by atoms with Crippen molar-refractivity contribution in [3.63, 3.8) is 0 Å². The van der Waals surface area contributed by atoms with E-state index in [9.17, 15) is 0 Å². The number of anilines is 1. The fraction of sp³-hybridized carbons (Fsp3) is 0.0833. The lowest BCUT2D eigenvalue weighted by Crippen LogP contribution is -1.91. The number of nitrogen functional groups attached to an aromatic ring is 1. The van der Waals surface area contributed by atoms with Crippen LogP contribution in [0.15, 0.2) is 30.3 Å². The molecule has 0 saturated carbocycles. The van der Waals surface area contributed by atoms with Gasteiger partial charge in [-0.2, -0.15) is 5.10 Å². The van der Waals surface area contributed by atoms with Gasteiger partial charge in [-0.3, -0.25) is 5.10 Å². The average molecular weight is 247 g/mol. The van der Waals surface area contributed by atoms with Crippen molar-refractivity contribution in [3.8, 4) is 11.4 Å². The molecule has 0 saturated heterocycles. The summed E-state index contributed by atoms with van der Waals surface area (Å²) in [7, 11) is 1.97. The van der Waals surface area contributed by atoms with Gasteiger partial charge in [0.25, 0.3) is 0 Å². The van der Waals surface area contributed by atoms with Crippen molar-refractivity contribution in [1.29, 1.82) is 0 Å². The summed E-state index contributed by atoms with van der Waals surface area (Å²) >= 11 is 6.20. The Balaban J connectivity index is 2.32. The number of nitrogens with one attached hydrogen (secondary N) is 1. The molecule has 1 aromatic carbocycles. The van der Waals surface area contributed by atoms with E-state index in [4.69, 9.17) is 17.3 Å². The lowest BCUT2D eigenvalue weighted by atomic mass is 10.2. The molecule has 0 spiro atoms. The average Bonchev–Trinajstić information content (AvgIpc) is 2.84. The van der Waals surface area contributed by atoms with E-state index < -0.39 is 0 Å². The van der Waals surface area contributed by atoms with Gasteiger partial charge in [-0.25, -0.2) is 0 Å². The number of H-pyrrole nitrogens is 1. The molecule has 0 fully saturated rings. The number of fused-ring (bicyclic) bond motifs is 1. The third kappa shape index (κ3) is 1.49. The Bertz CT molecular complexity index is 696. The number of benzene rings is 1. The number of rotatable bonds is 1. The van der Waals surface area contributed by atoms with Gasteiger partial charge in [0, 0.05) is 18.5 Å². The maximum absolute atomic E-state index is 6.20. The Kier molecular flexibility index (Phi) is 2.12. The number of aromatic nitrogens is 3. The monoisotopic (exact) mass is 246 g/mol. The normalized spacial score (nSPS) is 11.2. The molecule has 4 nitrogen and oxygen atoms in total. The zero-order chi connectivity index (χ0) is 12.0. The van der Waals surface area contributed by atoms with Crippen LogP contribution in [0, 0.1) is 0 Å². The van der Waals surface area contributed by atoms with E-state index in [1.54, 1.807) is 0 Å². The number of aryl methyl sites for hydroxylation is 1. The third-order valence-corrected chi connectivity index (χ3v) is 3.19. The molecule has 0 bridgehead atoms. The molecule has 17 heavy (non-hydrogen) atoms. The summed E-state index contributed by atoms with van der Waals surface area (Å²) in [5, 5.41) is 8.68. The molecule has 0 aliphatic carbocycles. The van der Waals surface area contributed by atoms with Crippen LogP contribution in [0.1, 0.15) is 0 Å². The van der Waals surface area contributed by atoms with E-state index in [1.807, 2.05) is 35.9 Å². The van der Waals surface area contributed by atoms with Crippen LogP contribution in [-0.2, 0) is 7.05 Å². The first kappa shape index (κ1) is 10.2. The van der Waals surface area contributed by atoms with Crippen molar-refractivity contribution in [2.75, 3.05) is 5.73 Å². The lowest BCUT2D eigenvalue weighted by molar-refractivity contribution is 0.964. The van der Waals surface area contributed by atoms with Crippen molar-refractivity contribution in [2.45, 2.75) is 0 Å². The molecule has 0 radical (unpaired) electrons. The van der Waals surface area contributed by atoms with E-state index in [0.29, 0.717) is 5.82 Å². The first-order valence-corrected chi connectivity index (χ1v) is 5.60. The number of nitrogens with zero attached hydrogens (tertiary/aromatic N) is 2. The highest BCUT2D eigenvalue weighted by Crippen LogP contribution is 2.30. The largest absolute Gasteiger partial charge is 0.382 e. The highest BCUT2D eigenvalue weighted by molar-refractivity contribution is 6.35. The fourth-order valence-corrected chi connectivity index (χ4v) is 2.40. The van der Waals surface area contributed by atoms with Gasteiger partial charge in [-0.1, -0.05) is 23.7 Å². The van der Waals surface area contributed by atoms with Crippen LogP contribution in [0.2, 0.25) is 5.02 Å². The smallest absolute Gasteiger partial charge is 0.145 e. The Morgan fingerprint density at radius 2 is 2.18 bits per heavy atom. The second-order valence-corrected chi connectivity index (χ2v) is 4.38. The van der Waals surface area contributed by atoms with Gasteiger partial charge < -0.3 is 10.3 Å². The minimum absolute atomic E-state index is 0.483. The third-order valence-electron chi connectivity index (χ3n) is 2.88. The molecule has 0 aliphatic heterocycles. The molecule has 2 aromatic heterocycles. The van der Waals surface area contributed by atoms with E-state index >= 15 is 0 Å². The van der Waals surface area contributed by atoms with Crippen LogP contribution >= 0.6 is 11.6 Å². The molecule has 2 heterocycles. The number of aromatic amines is 1. The quantitative estimate of drug-likeness (QED) is 0.694. The van der Waals surface area contributed by atoms with Crippen LogP contribution in [0.4, 0.5) is 5.82 Å². The Labute approximate surface area is 103 Å². The second-order valence-electron chi connectivity index (χ2n) is 3.97. The van der Waals surface area contributed by atoms with Crippen molar-refractivity contribution in [2.24, 2.45) is 7.05 Å². The summed E-state index contributed by atoms with van der Waals surface area (Å²) in [6.07, 6.45) is 0. The van der Waals surface area contributed by atoms with Crippen LogP contribution in [0.25, 0.3) is 22.3 Å². The Hall–Kier alpha value is -1.94. The van der Waals surface area contributed by atoms with Gasteiger partial charge >= 0.3 is 0 Å². The summed E-state index contributed by atoms with van der Waals surface area (Å²) in [6, 6.07) is 9.73. The first-order chi connectivity index (χ1) is 8.16. The van der Waals surface area contributed by atoms with Crippen molar-refractivity contribution in [1.82, 2.24) is 14.8 Å². The van der Waals surface area contributed by atoms with E-state index in [1.165, 1.54) is 0 Å². The predicted octanol–water partition coefficient (Wildman–Crippen LogP) is 2.80. The summed E-state index contributed by atoms with van der Waals surface area (Å²) in [5.41, 5.74) is 8.52. The molecule has 86 valence electrons. The summed E-state index contributed by atoms with van der Waals surface area (Å²) < 4.78 is 2.03. The van der Waals surface area contributed by atoms with E-state index in [0.717, 1.165) is 27.3 Å². The van der Waals surface area contributed by atoms with Gasteiger partial charge in [-0.15, -0.1) is 0 Å². The maximum atomic E-state index is 6.20. The maximum Gasteiger partial charge on any atom is 0.145 e. The number of nitrogens with two attached hydrogens (primary N) is 1. The Morgan fingerprint density at radius 1 is 1.35 bits per heavy atom. The summed E-state index contributed by atoms with van der Waals surface area (Å²) in [6.45, 7) is 0. The summed E-state index contributed by atoms with van der Waals surface area (Å²) in [4.78, 5) is 0. The molecule has 0 unspecified atom stereocenters. The van der Waals surface area contributed by atoms with Crippen molar-refractivity contribution < 1.29 is 0 Å². The van der Waals surface area contributed by atoms with E-state index in [-0.39, 0.29) is 0 Å². The Morgan fingerprint density at radius 3 is 2.82 bits per heavy atom. The van der Waals surface area contributed by atoms with Gasteiger partial charge in [0.05, 0.1) is 21.9 Å². The minimum Gasteiger partial charge on any atom is -0.382 e. The van der Waals surface area contributed by atoms with Gasteiger partial charge in [0.15, 0.2) is 0 Å². The second kappa shape index (κ2) is 3.53. The molecular formula is C12H11ClN4. The first-order valence-electron chi connectivity index (χ1n) is 5.22. The molecule has 3 rings (SSSR count). The zero-order valence-corrected chi connectivity index (χ0v) is 9.99. The van der Waals surface area contributed by atoms with Crippen molar-refractivity contribution >= 4 is 28.3 Å². The molecule has 3 aromatic rings. The fourth-order valence-electron chi connectivity index (χ4n) is 2.09. The predicted molar refractivity (Wildman–Crippen MR) is 69.9 cm³/mol. The molecule has 3 N–H and O–H groups in total. The van der Waals surface area contributed by atoms with Gasteiger partial charge in [0.1, 0.15) is 5.82 Å². The number of para-hydroxylation sites is 1. The molecule has 0 aliphatic rings. The van der Waals surface area contributed by atoms with Crippen LogP contribution in [0.3, 0.4) is 0 Å². The molecule has 5 heteroatoms. The summed E-state index contributed by atoms with van der Waals surface area (Å²) in [5.74, 6) is 0.483. The lowest BCUT2D eigenvalue weighted by Gasteiger charge is -2.02.